The van der Waals surface area contributed by atoms with E-state index in [0.717, 1.165) is 30.8 Å². The van der Waals surface area contributed by atoms with Crippen molar-refractivity contribution in [2.75, 3.05) is 0 Å². The molecule has 2 fully saturated rings. The van der Waals surface area contributed by atoms with Crippen LogP contribution in [0.1, 0.15) is 44.0 Å². The van der Waals surface area contributed by atoms with Gasteiger partial charge in [-0.15, -0.1) is 0 Å². The maximum Gasteiger partial charge on any atom is 0.0625 e. The number of aromatic nitrogens is 2. The Morgan fingerprint density at radius 3 is 2.88 bits per heavy atom. The van der Waals surface area contributed by atoms with Crippen LogP contribution >= 0.6 is 0 Å². The lowest BCUT2D eigenvalue weighted by Gasteiger charge is -2.22. The zero-order valence-corrected chi connectivity index (χ0v) is 10.9. The molecule has 1 heterocycles. The van der Waals surface area contributed by atoms with Crippen molar-refractivity contribution < 1.29 is 0 Å². The Hall–Kier alpha value is -0.830. The largest absolute Gasteiger partial charge is 0.308 e. The molecule has 0 aromatic carbocycles. The van der Waals surface area contributed by atoms with Crippen molar-refractivity contribution in [3.8, 4) is 0 Å². The quantitative estimate of drug-likeness (QED) is 0.864. The Labute approximate surface area is 104 Å². The Kier molecular flexibility index (Phi) is 2.95. The number of hydrogen-bond donors (Lipinski definition) is 1. The second-order valence-electron chi connectivity index (χ2n) is 5.77. The van der Waals surface area contributed by atoms with E-state index in [1.165, 1.54) is 37.1 Å². The van der Waals surface area contributed by atoms with Crippen LogP contribution in [0.5, 0.6) is 0 Å². The number of nitrogens with zero attached hydrogens (tertiary/aromatic N) is 2. The molecule has 0 aliphatic heterocycles. The highest BCUT2D eigenvalue weighted by molar-refractivity contribution is 5.10. The van der Waals surface area contributed by atoms with E-state index in [9.17, 15) is 0 Å². The molecule has 1 aromatic heterocycles. The Bertz CT molecular complexity index is 396. The first kappa shape index (κ1) is 11.3. The zero-order chi connectivity index (χ0) is 11.8. The molecule has 3 unspecified atom stereocenters. The Morgan fingerprint density at radius 1 is 1.41 bits per heavy atom. The Balaban J connectivity index is 1.58. The van der Waals surface area contributed by atoms with Gasteiger partial charge in [-0.1, -0.05) is 13.3 Å². The summed E-state index contributed by atoms with van der Waals surface area (Å²) in [5.41, 5.74) is 2.53. The predicted molar refractivity (Wildman–Crippen MR) is 68.7 cm³/mol. The molecule has 0 amide bonds. The molecule has 2 saturated carbocycles. The first-order valence-electron chi connectivity index (χ1n) is 7.01. The van der Waals surface area contributed by atoms with Gasteiger partial charge in [0.1, 0.15) is 0 Å². The lowest BCUT2D eigenvalue weighted by molar-refractivity contribution is 0.347. The van der Waals surface area contributed by atoms with Gasteiger partial charge in [-0.05, 0) is 43.6 Å². The Morgan fingerprint density at radius 2 is 2.29 bits per heavy atom. The molecule has 2 aliphatic carbocycles. The molecule has 2 aliphatic rings. The number of hydrogen-bond acceptors (Lipinski definition) is 2. The topological polar surface area (TPSA) is 29.9 Å². The normalized spacial score (nSPS) is 31.3. The van der Waals surface area contributed by atoms with Crippen molar-refractivity contribution in [1.29, 1.82) is 0 Å². The highest BCUT2D eigenvalue weighted by atomic mass is 15.3. The molecule has 3 rings (SSSR count). The van der Waals surface area contributed by atoms with Crippen molar-refractivity contribution in [1.82, 2.24) is 15.1 Å². The summed E-state index contributed by atoms with van der Waals surface area (Å²) in [6, 6.07) is 3.01. The van der Waals surface area contributed by atoms with E-state index in [1.54, 1.807) is 0 Å². The molecule has 17 heavy (non-hydrogen) atoms. The van der Waals surface area contributed by atoms with Crippen LogP contribution in [-0.2, 0) is 20.0 Å². The lowest BCUT2D eigenvalue weighted by atomic mass is 9.95. The van der Waals surface area contributed by atoms with E-state index >= 15 is 0 Å². The number of fused-ring (bicyclic) bond motifs is 2. The fourth-order valence-electron chi connectivity index (χ4n) is 3.64. The van der Waals surface area contributed by atoms with Crippen molar-refractivity contribution in [2.24, 2.45) is 18.9 Å². The van der Waals surface area contributed by atoms with Crippen LogP contribution in [-0.4, -0.2) is 15.8 Å². The van der Waals surface area contributed by atoms with Gasteiger partial charge in [0.05, 0.1) is 11.4 Å². The maximum absolute atomic E-state index is 4.50. The van der Waals surface area contributed by atoms with Crippen LogP contribution in [0.25, 0.3) is 0 Å². The molecule has 2 bridgehead atoms. The van der Waals surface area contributed by atoms with Crippen LogP contribution in [0.4, 0.5) is 0 Å². The molecule has 3 heteroatoms. The molecular formula is C14H23N3. The third-order valence-corrected chi connectivity index (χ3v) is 4.67. The van der Waals surface area contributed by atoms with Gasteiger partial charge < -0.3 is 5.32 Å². The van der Waals surface area contributed by atoms with Crippen LogP contribution in [0.2, 0.25) is 0 Å². The molecule has 1 aromatic rings. The summed E-state index contributed by atoms with van der Waals surface area (Å²) in [6.45, 7) is 3.15. The highest BCUT2D eigenvalue weighted by Crippen LogP contribution is 2.44. The summed E-state index contributed by atoms with van der Waals surface area (Å²) in [4.78, 5) is 0. The minimum atomic E-state index is 0.772. The first-order chi connectivity index (χ1) is 8.26. The van der Waals surface area contributed by atoms with E-state index < -0.39 is 0 Å². The zero-order valence-electron chi connectivity index (χ0n) is 10.9. The van der Waals surface area contributed by atoms with Crippen LogP contribution < -0.4 is 5.32 Å². The fraction of sp³-hybridized carbons (Fsp3) is 0.786. The third kappa shape index (κ3) is 2.13. The standard InChI is InChI=1S/C14H23N3/c1-3-12-8-13(17(2)16-12)9-15-14-7-10-4-5-11(14)6-10/h8,10-11,14-15H,3-7,9H2,1-2H3. The van der Waals surface area contributed by atoms with E-state index in [1.807, 2.05) is 4.68 Å². The smallest absolute Gasteiger partial charge is 0.0625 e. The molecule has 3 atom stereocenters. The molecule has 1 N–H and O–H groups in total. The summed E-state index contributed by atoms with van der Waals surface area (Å²) in [5.74, 6) is 1.98. The maximum atomic E-state index is 4.50. The van der Waals surface area contributed by atoms with Crippen LogP contribution in [0.15, 0.2) is 6.07 Å². The SMILES string of the molecule is CCc1cc(CNC2CC3CCC2C3)n(C)n1. The molecular weight excluding hydrogens is 210 g/mol. The summed E-state index contributed by atoms with van der Waals surface area (Å²) in [7, 11) is 2.05. The molecule has 0 spiro atoms. The molecule has 0 saturated heterocycles. The minimum absolute atomic E-state index is 0.772. The first-order valence-corrected chi connectivity index (χ1v) is 7.01. The average molecular weight is 233 g/mol. The molecule has 0 radical (unpaired) electrons. The summed E-state index contributed by atoms with van der Waals surface area (Å²) in [6.07, 6.45) is 6.84. The number of nitrogens with one attached hydrogen (secondary N) is 1. The van der Waals surface area contributed by atoms with Crippen molar-refractivity contribution in [3.63, 3.8) is 0 Å². The van der Waals surface area contributed by atoms with Gasteiger partial charge in [0, 0.05) is 19.6 Å². The van der Waals surface area contributed by atoms with Gasteiger partial charge in [-0.25, -0.2) is 0 Å². The van der Waals surface area contributed by atoms with Gasteiger partial charge in [-0.3, -0.25) is 4.68 Å². The fourth-order valence-corrected chi connectivity index (χ4v) is 3.64. The minimum Gasteiger partial charge on any atom is -0.308 e. The number of rotatable bonds is 4. The van der Waals surface area contributed by atoms with Crippen LogP contribution in [0.3, 0.4) is 0 Å². The van der Waals surface area contributed by atoms with Crippen LogP contribution in [0, 0.1) is 11.8 Å². The summed E-state index contributed by atoms with van der Waals surface area (Å²) in [5, 5.41) is 8.25. The predicted octanol–water partition coefficient (Wildman–Crippen LogP) is 2.26. The van der Waals surface area contributed by atoms with Gasteiger partial charge in [0.25, 0.3) is 0 Å². The highest BCUT2D eigenvalue weighted by Gasteiger charge is 2.39. The van der Waals surface area contributed by atoms with Gasteiger partial charge in [-0.2, -0.15) is 5.10 Å². The second-order valence-corrected chi connectivity index (χ2v) is 5.77. The summed E-state index contributed by atoms with van der Waals surface area (Å²) < 4.78 is 2.03. The average Bonchev–Trinajstić information content (AvgIpc) is 3.01. The van der Waals surface area contributed by atoms with Gasteiger partial charge in [0.2, 0.25) is 0 Å². The van der Waals surface area contributed by atoms with Crippen molar-refractivity contribution in [2.45, 2.75) is 51.6 Å². The monoisotopic (exact) mass is 233 g/mol. The molecule has 94 valence electrons. The lowest BCUT2D eigenvalue weighted by Crippen LogP contribution is -2.33. The third-order valence-electron chi connectivity index (χ3n) is 4.67. The second kappa shape index (κ2) is 4.45. The summed E-state index contributed by atoms with van der Waals surface area (Å²) >= 11 is 0. The van der Waals surface area contributed by atoms with Gasteiger partial charge >= 0.3 is 0 Å². The van der Waals surface area contributed by atoms with E-state index in [2.05, 4.69) is 30.5 Å². The van der Waals surface area contributed by atoms with E-state index in [0.29, 0.717) is 0 Å². The van der Waals surface area contributed by atoms with Crippen molar-refractivity contribution >= 4 is 0 Å². The number of aryl methyl sites for hydroxylation is 2. The van der Waals surface area contributed by atoms with E-state index in [-0.39, 0.29) is 0 Å². The van der Waals surface area contributed by atoms with Gasteiger partial charge in [0.15, 0.2) is 0 Å². The van der Waals surface area contributed by atoms with Crippen molar-refractivity contribution in [3.05, 3.63) is 17.5 Å². The molecule has 3 nitrogen and oxygen atoms in total. The van der Waals surface area contributed by atoms with E-state index in [4.69, 9.17) is 0 Å².